The normalized spacial score (nSPS) is 11.3. The lowest BCUT2D eigenvalue weighted by Crippen LogP contribution is -2.04. The smallest absolute Gasteiger partial charge is 0.416 e. The number of rotatable bonds is 7. The summed E-state index contributed by atoms with van der Waals surface area (Å²) in [4.78, 5) is 9.03. The molecule has 0 N–H and O–H groups in total. The van der Waals surface area contributed by atoms with Gasteiger partial charge >= 0.3 is 6.18 Å². The Bertz CT molecular complexity index is 1220. The van der Waals surface area contributed by atoms with Crippen molar-refractivity contribution in [3.8, 4) is 28.6 Å². The minimum absolute atomic E-state index is 0.112. The van der Waals surface area contributed by atoms with Gasteiger partial charge in [0, 0.05) is 17.4 Å². The Hall–Kier alpha value is -3.52. The second-order valence-electron chi connectivity index (χ2n) is 7.00. The van der Waals surface area contributed by atoms with Crippen LogP contribution < -0.4 is 9.47 Å². The Morgan fingerprint density at radius 1 is 0.818 bits per heavy atom. The summed E-state index contributed by atoms with van der Waals surface area (Å²) in [7, 11) is 1.55. The third-order valence-corrected chi connectivity index (χ3v) is 5.57. The SMILES string of the molecule is COc1cc(-c2ccc(Oc3cccc(C(F)(F)F)c3)cc2)nc(SCc2ccccc2)n1. The van der Waals surface area contributed by atoms with Crippen LogP contribution in [0.4, 0.5) is 13.2 Å². The van der Waals surface area contributed by atoms with E-state index in [4.69, 9.17) is 9.47 Å². The van der Waals surface area contributed by atoms with E-state index in [1.807, 2.05) is 30.3 Å². The summed E-state index contributed by atoms with van der Waals surface area (Å²) >= 11 is 1.50. The van der Waals surface area contributed by atoms with E-state index >= 15 is 0 Å². The van der Waals surface area contributed by atoms with Gasteiger partial charge in [0.1, 0.15) is 11.5 Å². The predicted octanol–water partition coefficient (Wildman–Crippen LogP) is 7.26. The molecule has 33 heavy (non-hydrogen) atoms. The van der Waals surface area contributed by atoms with Crippen molar-refractivity contribution < 1.29 is 22.6 Å². The molecule has 0 spiro atoms. The lowest BCUT2D eigenvalue weighted by molar-refractivity contribution is -0.137. The molecule has 1 heterocycles. The number of aromatic nitrogens is 2. The number of alkyl halides is 3. The molecular formula is C25H19F3N2O2S. The monoisotopic (exact) mass is 468 g/mol. The number of benzene rings is 3. The van der Waals surface area contributed by atoms with Crippen molar-refractivity contribution in [1.82, 2.24) is 9.97 Å². The van der Waals surface area contributed by atoms with Gasteiger partial charge in [0.2, 0.25) is 5.88 Å². The highest BCUT2D eigenvalue weighted by atomic mass is 32.2. The molecule has 1 aromatic heterocycles. The summed E-state index contributed by atoms with van der Waals surface area (Å²) in [5.74, 6) is 1.69. The highest BCUT2D eigenvalue weighted by Crippen LogP contribution is 2.33. The van der Waals surface area contributed by atoms with Crippen LogP contribution in [0.5, 0.6) is 17.4 Å². The highest BCUT2D eigenvalue weighted by molar-refractivity contribution is 7.98. The Kier molecular flexibility index (Phi) is 6.84. The van der Waals surface area contributed by atoms with Gasteiger partial charge in [-0.1, -0.05) is 48.2 Å². The van der Waals surface area contributed by atoms with Gasteiger partial charge in [-0.25, -0.2) is 4.98 Å². The molecule has 8 heteroatoms. The van der Waals surface area contributed by atoms with Crippen LogP contribution in [-0.4, -0.2) is 17.1 Å². The van der Waals surface area contributed by atoms with Crippen molar-refractivity contribution in [2.24, 2.45) is 0 Å². The van der Waals surface area contributed by atoms with E-state index in [2.05, 4.69) is 9.97 Å². The van der Waals surface area contributed by atoms with Gasteiger partial charge in [0.05, 0.1) is 18.4 Å². The fourth-order valence-electron chi connectivity index (χ4n) is 3.01. The minimum atomic E-state index is -4.43. The van der Waals surface area contributed by atoms with Crippen molar-refractivity contribution in [1.29, 1.82) is 0 Å². The van der Waals surface area contributed by atoms with Crippen LogP contribution in [0.3, 0.4) is 0 Å². The predicted molar refractivity (Wildman–Crippen MR) is 122 cm³/mol. The zero-order valence-electron chi connectivity index (χ0n) is 17.5. The molecule has 0 unspecified atom stereocenters. The average molecular weight is 469 g/mol. The molecule has 0 radical (unpaired) electrons. The largest absolute Gasteiger partial charge is 0.481 e. The van der Waals surface area contributed by atoms with Crippen molar-refractivity contribution in [3.05, 3.63) is 96.1 Å². The number of hydrogen-bond donors (Lipinski definition) is 0. The van der Waals surface area contributed by atoms with Gasteiger partial charge in [-0.3, -0.25) is 0 Å². The molecule has 0 fully saturated rings. The van der Waals surface area contributed by atoms with E-state index in [0.29, 0.717) is 22.5 Å². The van der Waals surface area contributed by atoms with E-state index in [9.17, 15) is 13.2 Å². The summed E-state index contributed by atoms with van der Waals surface area (Å²) < 4.78 is 49.7. The number of hydrogen-bond acceptors (Lipinski definition) is 5. The summed E-state index contributed by atoms with van der Waals surface area (Å²) in [6.45, 7) is 0. The van der Waals surface area contributed by atoms with Gasteiger partial charge in [0.25, 0.3) is 0 Å². The summed E-state index contributed by atoms with van der Waals surface area (Å²) in [6, 6.07) is 23.5. The Labute approximate surface area is 193 Å². The quantitative estimate of drug-likeness (QED) is 0.211. The second-order valence-corrected chi connectivity index (χ2v) is 7.95. The molecule has 0 bridgehead atoms. The number of nitrogens with zero attached hydrogens (tertiary/aromatic N) is 2. The van der Waals surface area contributed by atoms with Crippen molar-refractivity contribution in [2.45, 2.75) is 17.1 Å². The molecule has 3 aromatic carbocycles. The van der Waals surface area contributed by atoms with Crippen molar-refractivity contribution in [2.75, 3.05) is 7.11 Å². The van der Waals surface area contributed by atoms with Crippen LogP contribution in [0.1, 0.15) is 11.1 Å². The number of thioether (sulfide) groups is 1. The molecule has 4 nitrogen and oxygen atoms in total. The highest BCUT2D eigenvalue weighted by Gasteiger charge is 2.30. The maximum absolute atomic E-state index is 12.9. The van der Waals surface area contributed by atoms with Crippen molar-refractivity contribution >= 4 is 11.8 Å². The van der Waals surface area contributed by atoms with Crippen LogP contribution in [0.15, 0.2) is 90.1 Å². The van der Waals surface area contributed by atoms with E-state index in [1.165, 1.54) is 23.9 Å². The number of methoxy groups -OCH3 is 1. The lowest BCUT2D eigenvalue weighted by Gasteiger charge is -2.11. The van der Waals surface area contributed by atoms with Crippen LogP contribution in [0.25, 0.3) is 11.3 Å². The van der Waals surface area contributed by atoms with Crippen molar-refractivity contribution in [3.63, 3.8) is 0 Å². The molecule has 168 valence electrons. The van der Waals surface area contributed by atoms with E-state index in [-0.39, 0.29) is 5.75 Å². The number of ether oxygens (including phenoxy) is 2. The van der Waals surface area contributed by atoms with E-state index in [1.54, 1.807) is 37.4 Å². The minimum Gasteiger partial charge on any atom is -0.481 e. The molecule has 0 aliphatic rings. The second kappa shape index (κ2) is 9.95. The maximum atomic E-state index is 12.9. The molecule has 0 saturated carbocycles. The molecule has 0 saturated heterocycles. The molecule has 4 aromatic rings. The topological polar surface area (TPSA) is 44.2 Å². The first-order valence-electron chi connectivity index (χ1n) is 9.96. The zero-order chi connectivity index (χ0) is 23.3. The molecule has 0 aliphatic heterocycles. The Balaban J connectivity index is 1.51. The third kappa shape index (κ3) is 6.04. The third-order valence-electron chi connectivity index (χ3n) is 4.65. The number of halogens is 3. The van der Waals surface area contributed by atoms with E-state index in [0.717, 1.165) is 29.0 Å². The Morgan fingerprint density at radius 3 is 2.27 bits per heavy atom. The van der Waals surface area contributed by atoms with E-state index < -0.39 is 11.7 Å². The molecule has 0 aliphatic carbocycles. The molecule has 4 rings (SSSR count). The fraction of sp³-hybridized carbons (Fsp3) is 0.120. The standard InChI is InChI=1S/C25H19F3N2O2S/c1-31-23-15-22(29-24(30-23)33-16-17-6-3-2-4-7-17)18-10-12-20(13-11-18)32-21-9-5-8-19(14-21)25(26,27)28/h2-15H,16H2,1H3. The van der Waals surface area contributed by atoms with Crippen LogP contribution in [0.2, 0.25) is 0 Å². The van der Waals surface area contributed by atoms with Gasteiger partial charge < -0.3 is 9.47 Å². The molecular weight excluding hydrogens is 449 g/mol. The summed E-state index contributed by atoms with van der Waals surface area (Å²) in [5.41, 5.74) is 1.87. The zero-order valence-corrected chi connectivity index (χ0v) is 18.4. The van der Waals surface area contributed by atoms with Gasteiger partial charge in [0.15, 0.2) is 5.16 Å². The molecule has 0 atom stereocenters. The first-order valence-corrected chi connectivity index (χ1v) is 10.9. The van der Waals surface area contributed by atoms with Gasteiger partial charge in [-0.2, -0.15) is 18.2 Å². The fourth-order valence-corrected chi connectivity index (χ4v) is 3.81. The summed E-state index contributed by atoms with van der Waals surface area (Å²) in [5, 5.41) is 0.581. The maximum Gasteiger partial charge on any atom is 0.416 e. The van der Waals surface area contributed by atoms with Crippen LogP contribution in [-0.2, 0) is 11.9 Å². The first kappa shape index (κ1) is 22.7. The van der Waals surface area contributed by atoms with Gasteiger partial charge in [-0.15, -0.1) is 0 Å². The van der Waals surface area contributed by atoms with Crippen LogP contribution >= 0.6 is 11.8 Å². The van der Waals surface area contributed by atoms with Gasteiger partial charge in [-0.05, 0) is 48.0 Å². The van der Waals surface area contributed by atoms with Crippen LogP contribution in [0, 0.1) is 0 Å². The first-order chi connectivity index (χ1) is 15.9. The summed E-state index contributed by atoms with van der Waals surface area (Å²) in [6.07, 6.45) is -4.43. The molecule has 0 amide bonds. The lowest BCUT2D eigenvalue weighted by atomic mass is 10.1. The Morgan fingerprint density at radius 2 is 1.58 bits per heavy atom. The average Bonchev–Trinajstić information content (AvgIpc) is 2.83.